The molecule has 0 radical (unpaired) electrons. The molecule has 1 fully saturated rings. The maximum absolute atomic E-state index is 13.2. The van der Waals surface area contributed by atoms with Crippen LogP contribution in [0, 0.1) is 17.0 Å². The van der Waals surface area contributed by atoms with E-state index in [2.05, 4.69) is 5.32 Å². The monoisotopic (exact) mass is 649 g/mol. The lowest BCUT2D eigenvalue weighted by atomic mass is 9.89. The van der Waals surface area contributed by atoms with E-state index in [1.165, 1.54) is 56.5 Å². The standard InChI is InChI=1S/C32H31N3O12/c1-15-21(44-30-24(37)26(46-31(33)40)27(43-4)32(2,3)47-30)13-12-19-23(36)22(29(39)45-25(15)19)34-28(38)17-9-7-8-16(14-17)18-10-5-6-11-20(18)35(41)42/h5-14,24,26-27,30,36-37H,1-4H3,(H2,33,40)(H,34,38)/t24-,26+,27-,30-/m1/s1. The molecule has 2 heterocycles. The summed E-state index contributed by atoms with van der Waals surface area (Å²) in [6.45, 7) is 4.81. The first-order valence-corrected chi connectivity index (χ1v) is 14.2. The van der Waals surface area contributed by atoms with Crippen molar-refractivity contribution in [2.24, 2.45) is 5.73 Å². The summed E-state index contributed by atoms with van der Waals surface area (Å²) < 4.78 is 27.9. The predicted octanol–water partition coefficient (Wildman–Crippen LogP) is 3.99. The summed E-state index contributed by atoms with van der Waals surface area (Å²) in [6.07, 6.45) is -6.21. The van der Waals surface area contributed by atoms with E-state index in [0.29, 0.717) is 5.56 Å². The summed E-state index contributed by atoms with van der Waals surface area (Å²) in [4.78, 5) is 48.7. The Morgan fingerprint density at radius 2 is 1.83 bits per heavy atom. The molecule has 4 atom stereocenters. The van der Waals surface area contributed by atoms with Crippen LogP contribution in [0.25, 0.3) is 22.1 Å². The lowest BCUT2D eigenvalue weighted by Gasteiger charge is -2.47. The third-order valence-corrected chi connectivity index (χ3v) is 7.79. The number of carbonyl (C=O) groups excluding carboxylic acids is 2. The van der Waals surface area contributed by atoms with Crippen LogP contribution in [-0.2, 0) is 14.2 Å². The fraction of sp³-hybridized carbons (Fsp3) is 0.281. The number of nitro benzene ring substituents is 1. The van der Waals surface area contributed by atoms with E-state index in [4.69, 9.17) is 29.1 Å². The summed E-state index contributed by atoms with van der Waals surface area (Å²) in [5, 5.41) is 35.9. The fourth-order valence-electron chi connectivity index (χ4n) is 5.56. The molecule has 15 heteroatoms. The molecule has 4 aromatic rings. The maximum atomic E-state index is 13.2. The molecule has 1 aliphatic rings. The van der Waals surface area contributed by atoms with Crippen LogP contribution in [0.1, 0.15) is 29.8 Å². The molecule has 3 aromatic carbocycles. The van der Waals surface area contributed by atoms with Crippen molar-refractivity contribution >= 4 is 34.3 Å². The molecule has 15 nitrogen and oxygen atoms in total. The number of aryl methyl sites for hydroxylation is 1. The second-order valence-electron chi connectivity index (χ2n) is 11.2. The number of hydrogen-bond donors (Lipinski definition) is 4. The summed E-state index contributed by atoms with van der Waals surface area (Å²) >= 11 is 0. The van der Waals surface area contributed by atoms with Crippen LogP contribution in [0.2, 0.25) is 0 Å². The average Bonchev–Trinajstić information content (AvgIpc) is 3.02. The van der Waals surface area contributed by atoms with Gasteiger partial charge < -0.3 is 44.6 Å². The van der Waals surface area contributed by atoms with Gasteiger partial charge in [0.2, 0.25) is 6.29 Å². The van der Waals surface area contributed by atoms with Crippen LogP contribution in [0.4, 0.5) is 16.2 Å². The Morgan fingerprint density at radius 1 is 1.11 bits per heavy atom. The molecule has 0 aliphatic carbocycles. The Kier molecular flexibility index (Phi) is 8.89. The Balaban J connectivity index is 1.43. The third kappa shape index (κ3) is 6.31. The highest BCUT2D eigenvalue weighted by Crippen LogP contribution is 2.39. The van der Waals surface area contributed by atoms with Crippen LogP contribution in [-0.4, -0.2) is 64.4 Å². The van der Waals surface area contributed by atoms with Crippen molar-refractivity contribution in [3.05, 3.63) is 92.3 Å². The van der Waals surface area contributed by atoms with E-state index < -0.39 is 64.2 Å². The van der Waals surface area contributed by atoms with Gasteiger partial charge in [-0.05, 0) is 56.7 Å². The highest BCUT2D eigenvalue weighted by atomic mass is 16.7. The van der Waals surface area contributed by atoms with E-state index in [1.54, 1.807) is 32.0 Å². The number of nitrogens with one attached hydrogen (secondary N) is 1. The number of aromatic hydroxyl groups is 1. The first-order chi connectivity index (χ1) is 22.2. The summed E-state index contributed by atoms with van der Waals surface area (Å²) in [5.74, 6) is -1.27. The van der Waals surface area contributed by atoms with Crippen LogP contribution in [0.5, 0.6) is 11.5 Å². The van der Waals surface area contributed by atoms with Gasteiger partial charge in [0.1, 0.15) is 17.4 Å². The molecule has 2 amide bonds. The van der Waals surface area contributed by atoms with E-state index in [0.717, 1.165) is 0 Å². The summed E-state index contributed by atoms with van der Waals surface area (Å²) in [6, 6.07) is 14.8. The largest absolute Gasteiger partial charge is 0.505 e. The number of para-hydroxylation sites is 1. The lowest BCUT2D eigenvalue weighted by Crippen LogP contribution is -2.65. The molecule has 5 N–H and O–H groups in total. The highest BCUT2D eigenvalue weighted by molar-refractivity contribution is 6.07. The quantitative estimate of drug-likeness (QED) is 0.121. The molecule has 1 aliphatic heterocycles. The Bertz CT molecular complexity index is 1940. The third-order valence-electron chi connectivity index (χ3n) is 7.79. The van der Waals surface area contributed by atoms with Gasteiger partial charge in [-0.3, -0.25) is 14.9 Å². The zero-order valence-electron chi connectivity index (χ0n) is 25.6. The number of primary amides is 1. The number of carbonyl (C=O) groups is 2. The number of ether oxygens (including phenoxy) is 4. The van der Waals surface area contributed by atoms with Crippen LogP contribution < -0.4 is 21.4 Å². The Morgan fingerprint density at radius 3 is 2.51 bits per heavy atom. The molecule has 1 saturated heterocycles. The molecule has 1 aromatic heterocycles. The Hall–Kier alpha value is -5.51. The van der Waals surface area contributed by atoms with Crippen molar-refractivity contribution in [3.8, 4) is 22.6 Å². The summed E-state index contributed by atoms with van der Waals surface area (Å²) in [5.41, 5.74) is 3.23. The van der Waals surface area contributed by atoms with Gasteiger partial charge in [-0.15, -0.1) is 0 Å². The second kappa shape index (κ2) is 12.7. The van der Waals surface area contributed by atoms with Gasteiger partial charge in [0.05, 0.1) is 21.5 Å². The zero-order chi connectivity index (χ0) is 34.2. The Labute approximate surface area is 266 Å². The predicted molar refractivity (Wildman–Crippen MR) is 166 cm³/mol. The molecular weight excluding hydrogens is 618 g/mol. The minimum Gasteiger partial charge on any atom is -0.505 e. The fourth-order valence-corrected chi connectivity index (χ4v) is 5.56. The van der Waals surface area contributed by atoms with Crippen molar-refractivity contribution in [2.45, 2.75) is 51.0 Å². The molecule has 47 heavy (non-hydrogen) atoms. The van der Waals surface area contributed by atoms with Crippen molar-refractivity contribution in [2.75, 3.05) is 12.4 Å². The van der Waals surface area contributed by atoms with E-state index >= 15 is 0 Å². The second-order valence-corrected chi connectivity index (χ2v) is 11.2. The van der Waals surface area contributed by atoms with Crippen molar-refractivity contribution in [3.63, 3.8) is 0 Å². The first-order valence-electron chi connectivity index (χ1n) is 14.2. The van der Waals surface area contributed by atoms with Gasteiger partial charge in [-0.2, -0.15) is 0 Å². The van der Waals surface area contributed by atoms with Gasteiger partial charge in [-0.1, -0.05) is 24.3 Å². The highest BCUT2D eigenvalue weighted by Gasteiger charge is 2.53. The van der Waals surface area contributed by atoms with Gasteiger partial charge in [0, 0.05) is 24.3 Å². The van der Waals surface area contributed by atoms with Crippen molar-refractivity contribution in [1.82, 2.24) is 0 Å². The minimum absolute atomic E-state index is 0.0539. The molecule has 0 saturated carbocycles. The number of benzene rings is 3. The maximum Gasteiger partial charge on any atom is 0.404 e. The number of methoxy groups -OCH3 is 1. The van der Waals surface area contributed by atoms with Crippen LogP contribution >= 0.6 is 0 Å². The van der Waals surface area contributed by atoms with Crippen molar-refractivity contribution < 1.29 is 48.1 Å². The summed E-state index contributed by atoms with van der Waals surface area (Å²) in [7, 11) is 1.36. The number of nitro groups is 1. The molecule has 0 unspecified atom stereocenters. The van der Waals surface area contributed by atoms with Gasteiger partial charge in [-0.25, -0.2) is 9.59 Å². The number of hydrogen-bond acceptors (Lipinski definition) is 12. The molecule has 0 spiro atoms. The van der Waals surface area contributed by atoms with Gasteiger partial charge in [0.25, 0.3) is 11.6 Å². The number of anilines is 1. The molecule has 0 bridgehead atoms. The van der Waals surface area contributed by atoms with Gasteiger partial charge in [0.15, 0.2) is 23.6 Å². The smallest absolute Gasteiger partial charge is 0.404 e. The van der Waals surface area contributed by atoms with Crippen LogP contribution in [0.3, 0.4) is 0 Å². The average molecular weight is 650 g/mol. The van der Waals surface area contributed by atoms with E-state index in [1.807, 2.05) is 0 Å². The zero-order valence-corrected chi connectivity index (χ0v) is 25.6. The van der Waals surface area contributed by atoms with Crippen molar-refractivity contribution in [1.29, 1.82) is 0 Å². The normalized spacial score (nSPS) is 20.4. The topological polar surface area (TPSA) is 223 Å². The van der Waals surface area contributed by atoms with Gasteiger partial charge >= 0.3 is 11.7 Å². The number of rotatable bonds is 8. The number of nitrogens with zero attached hydrogens (tertiary/aromatic N) is 1. The SMILES string of the molecule is CO[C@@H]1[C@@H](OC(N)=O)[C@@H](O)[C@H](Oc2ccc3c(O)c(NC(=O)c4cccc(-c5ccccc5[N+](=O)[O-])c4)c(=O)oc3c2C)OC1(C)C. The number of fused-ring (bicyclic) bond motifs is 1. The van der Waals surface area contributed by atoms with Crippen LogP contribution in [0.15, 0.2) is 69.9 Å². The number of aliphatic hydroxyl groups is 1. The molecular formula is C32H31N3O12. The minimum atomic E-state index is -1.54. The molecule has 5 rings (SSSR count). The number of aliphatic hydroxyl groups excluding tert-OH is 1. The van der Waals surface area contributed by atoms with E-state index in [-0.39, 0.29) is 39.1 Å². The molecule has 246 valence electrons. The number of nitrogens with two attached hydrogens (primary N) is 1. The lowest BCUT2D eigenvalue weighted by molar-refractivity contribution is -0.384. The first kappa shape index (κ1) is 32.9. The number of amides is 2. The van der Waals surface area contributed by atoms with E-state index in [9.17, 15) is 34.7 Å².